The van der Waals surface area contributed by atoms with Crippen molar-refractivity contribution in [3.05, 3.63) is 47.8 Å². The maximum absolute atomic E-state index is 10.3. The Morgan fingerprint density at radius 1 is 1.17 bits per heavy atom. The molecule has 0 radical (unpaired) electrons. The largest absolute Gasteiger partial charge is 0.486 e. The summed E-state index contributed by atoms with van der Waals surface area (Å²) in [5.41, 5.74) is 4.38. The first kappa shape index (κ1) is 14.1. The van der Waals surface area contributed by atoms with Gasteiger partial charge in [0.25, 0.3) is 0 Å². The van der Waals surface area contributed by atoms with Crippen LogP contribution in [-0.4, -0.2) is 27.7 Å². The fraction of sp³-hybridized carbons (Fsp3) is 0.278. The highest BCUT2D eigenvalue weighted by molar-refractivity contribution is 5.71. The number of imidazole rings is 1. The van der Waals surface area contributed by atoms with Crippen molar-refractivity contribution in [2.24, 2.45) is 0 Å². The molecule has 0 fully saturated rings. The van der Waals surface area contributed by atoms with Crippen LogP contribution in [0.5, 0.6) is 11.5 Å². The molecule has 5 nitrogen and oxygen atoms in total. The van der Waals surface area contributed by atoms with Crippen molar-refractivity contribution in [1.82, 2.24) is 9.38 Å². The number of hydrogen-bond acceptors (Lipinski definition) is 4. The second-order valence-electron chi connectivity index (χ2n) is 5.76. The van der Waals surface area contributed by atoms with Crippen LogP contribution in [0.15, 0.2) is 36.5 Å². The van der Waals surface area contributed by atoms with Gasteiger partial charge in [-0.1, -0.05) is 6.07 Å². The van der Waals surface area contributed by atoms with E-state index < -0.39 is 6.10 Å². The minimum absolute atomic E-state index is 0.546. The van der Waals surface area contributed by atoms with E-state index in [0.29, 0.717) is 13.2 Å². The first-order valence-electron chi connectivity index (χ1n) is 7.71. The van der Waals surface area contributed by atoms with Crippen molar-refractivity contribution in [2.45, 2.75) is 20.0 Å². The van der Waals surface area contributed by atoms with E-state index in [-0.39, 0.29) is 0 Å². The maximum Gasteiger partial charge on any atom is 0.162 e. The summed E-state index contributed by atoms with van der Waals surface area (Å²) in [6.07, 6.45) is 1.30. The fourth-order valence-corrected chi connectivity index (χ4v) is 3.02. The molecule has 1 unspecified atom stereocenters. The van der Waals surface area contributed by atoms with Crippen LogP contribution < -0.4 is 9.47 Å². The van der Waals surface area contributed by atoms with Crippen molar-refractivity contribution in [2.75, 3.05) is 13.2 Å². The molecule has 0 saturated carbocycles. The molecule has 0 spiro atoms. The van der Waals surface area contributed by atoms with Crippen molar-refractivity contribution in [1.29, 1.82) is 0 Å². The molecule has 3 heterocycles. The Bertz CT molecular complexity index is 883. The minimum Gasteiger partial charge on any atom is -0.486 e. The van der Waals surface area contributed by atoms with E-state index >= 15 is 0 Å². The number of fused-ring (bicyclic) bond motifs is 2. The lowest BCUT2D eigenvalue weighted by molar-refractivity contribution is 0.171. The summed E-state index contributed by atoms with van der Waals surface area (Å²) >= 11 is 0. The average molecular weight is 310 g/mol. The van der Waals surface area contributed by atoms with E-state index in [1.165, 1.54) is 0 Å². The van der Waals surface area contributed by atoms with Gasteiger partial charge in [0, 0.05) is 11.8 Å². The normalized spacial score (nSPS) is 14.9. The summed E-state index contributed by atoms with van der Waals surface area (Å²) in [4.78, 5) is 4.76. The standard InChI is InChI=1S/C18H18N2O3/c1-11-4-3-7-20-17(12(2)21)16(19-18(11)20)13-5-6-14-15(10-13)23-9-8-22-14/h3-7,10,12,21H,8-9H2,1-2H3. The lowest BCUT2D eigenvalue weighted by Gasteiger charge is -2.19. The second-order valence-corrected chi connectivity index (χ2v) is 5.76. The molecule has 1 N–H and O–H groups in total. The van der Waals surface area contributed by atoms with Crippen LogP contribution in [0.1, 0.15) is 24.3 Å². The van der Waals surface area contributed by atoms with Gasteiger partial charge in [0.15, 0.2) is 11.5 Å². The van der Waals surface area contributed by atoms with Crippen molar-refractivity contribution < 1.29 is 14.6 Å². The SMILES string of the molecule is Cc1cccn2c(C(C)O)c(-c3ccc4c(c3)OCCO4)nc12. The molecule has 23 heavy (non-hydrogen) atoms. The summed E-state index contributed by atoms with van der Waals surface area (Å²) in [6, 6.07) is 9.76. The van der Waals surface area contributed by atoms with Crippen LogP contribution in [0.2, 0.25) is 0 Å². The third-order valence-electron chi connectivity index (χ3n) is 4.09. The smallest absolute Gasteiger partial charge is 0.162 e. The molecule has 1 atom stereocenters. The van der Waals surface area contributed by atoms with Gasteiger partial charge in [-0.25, -0.2) is 4.98 Å². The molecule has 0 bridgehead atoms. The Hall–Kier alpha value is -2.53. The molecule has 118 valence electrons. The second kappa shape index (κ2) is 5.28. The van der Waals surface area contributed by atoms with Gasteiger partial charge in [-0.2, -0.15) is 0 Å². The highest BCUT2D eigenvalue weighted by atomic mass is 16.6. The third kappa shape index (κ3) is 2.24. The summed E-state index contributed by atoms with van der Waals surface area (Å²) in [6.45, 7) is 4.89. The Kier molecular flexibility index (Phi) is 3.23. The Morgan fingerprint density at radius 2 is 1.96 bits per heavy atom. The van der Waals surface area contributed by atoms with Crippen molar-refractivity contribution >= 4 is 5.65 Å². The molecule has 1 aliphatic heterocycles. The first-order chi connectivity index (χ1) is 11.1. The number of aliphatic hydroxyl groups is 1. The van der Waals surface area contributed by atoms with Crippen LogP contribution in [-0.2, 0) is 0 Å². The number of rotatable bonds is 2. The summed E-state index contributed by atoms with van der Waals surface area (Å²) in [5, 5.41) is 10.3. The van der Waals surface area contributed by atoms with Gasteiger partial charge < -0.3 is 19.0 Å². The van der Waals surface area contributed by atoms with Gasteiger partial charge in [-0.05, 0) is 43.7 Å². The summed E-state index contributed by atoms with van der Waals surface area (Å²) in [5.74, 6) is 1.47. The van der Waals surface area contributed by atoms with Crippen LogP contribution >= 0.6 is 0 Å². The van der Waals surface area contributed by atoms with Gasteiger partial charge in [-0.15, -0.1) is 0 Å². The van der Waals surface area contributed by atoms with Crippen LogP contribution in [0.25, 0.3) is 16.9 Å². The summed E-state index contributed by atoms with van der Waals surface area (Å²) in [7, 11) is 0. The molecule has 2 aromatic heterocycles. The van der Waals surface area contributed by atoms with E-state index in [1.54, 1.807) is 6.92 Å². The van der Waals surface area contributed by atoms with Crippen molar-refractivity contribution in [3.63, 3.8) is 0 Å². The van der Waals surface area contributed by atoms with Gasteiger partial charge in [-0.3, -0.25) is 0 Å². The molecule has 1 aromatic carbocycles. The number of nitrogens with zero attached hydrogens (tertiary/aromatic N) is 2. The topological polar surface area (TPSA) is 56.0 Å². The Labute approximate surface area is 134 Å². The lowest BCUT2D eigenvalue weighted by atomic mass is 10.1. The van der Waals surface area contributed by atoms with Crippen LogP contribution in [0.3, 0.4) is 0 Å². The minimum atomic E-state index is -0.630. The van der Waals surface area contributed by atoms with E-state index in [9.17, 15) is 5.11 Å². The zero-order valence-corrected chi connectivity index (χ0v) is 13.1. The van der Waals surface area contributed by atoms with E-state index in [1.807, 2.05) is 47.9 Å². The lowest BCUT2D eigenvalue weighted by Crippen LogP contribution is -2.15. The van der Waals surface area contributed by atoms with Gasteiger partial charge >= 0.3 is 0 Å². The predicted molar refractivity (Wildman–Crippen MR) is 87.0 cm³/mol. The highest BCUT2D eigenvalue weighted by Crippen LogP contribution is 2.37. The molecule has 1 aliphatic rings. The molecular formula is C18H18N2O3. The van der Waals surface area contributed by atoms with Crippen LogP contribution in [0.4, 0.5) is 0 Å². The van der Waals surface area contributed by atoms with E-state index in [4.69, 9.17) is 14.5 Å². The first-order valence-corrected chi connectivity index (χ1v) is 7.71. The molecule has 0 amide bonds. The quantitative estimate of drug-likeness (QED) is 0.790. The van der Waals surface area contributed by atoms with Gasteiger partial charge in [0.1, 0.15) is 18.9 Å². The monoisotopic (exact) mass is 310 g/mol. The number of aryl methyl sites for hydroxylation is 1. The van der Waals surface area contributed by atoms with Crippen LogP contribution in [0, 0.1) is 6.92 Å². The molecule has 3 aromatic rings. The maximum atomic E-state index is 10.3. The van der Waals surface area contributed by atoms with Crippen molar-refractivity contribution in [3.8, 4) is 22.8 Å². The number of aromatic nitrogens is 2. The fourth-order valence-electron chi connectivity index (χ4n) is 3.02. The van der Waals surface area contributed by atoms with Gasteiger partial charge in [0.2, 0.25) is 0 Å². The van der Waals surface area contributed by atoms with E-state index in [2.05, 4.69) is 0 Å². The summed E-state index contributed by atoms with van der Waals surface area (Å²) < 4.78 is 13.2. The van der Waals surface area contributed by atoms with E-state index in [0.717, 1.165) is 39.7 Å². The molecular weight excluding hydrogens is 292 g/mol. The predicted octanol–water partition coefficient (Wildman–Crippen LogP) is 3.13. The molecule has 5 heteroatoms. The third-order valence-corrected chi connectivity index (χ3v) is 4.09. The molecule has 0 saturated heterocycles. The van der Waals surface area contributed by atoms with Gasteiger partial charge in [0.05, 0.1) is 17.5 Å². The highest BCUT2D eigenvalue weighted by Gasteiger charge is 2.21. The average Bonchev–Trinajstić information content (AvgIpc) is 2.95. The Balaban J connectivity index is 1.95. The number of benzene rings is 1. The number of hydrogen-bond donors (Lipinski definition) is 1. The Morgan fingerprint density at radius 3 is 2.74 bits per heavy atom. The number of pyridine rings is 1. The molecule has 4 rings (SSSR count). The number of aliphatic hydroxyl groups excluding tert-OH is 1. The number of ether oxygens (including phenoxy) is 2. The molecule has 0 aliphatic carbocycles. The zero-order chi connectivity index (χ0) is 16.0. The zero-order valence-electron chi connectivity index (χ0n) is 13.1.